The van der Waals surface area contributed by atoms with E-state index in [1.165, 1.54) is 11.3 Å². The van der Waals surface area contributed by atoms with E-state index in [9.17, 15) is 19.5 Å². The lowest BCUT2D eigenvalue weighted by Crippen LogP contribution is -2.59. The average molecular weight is 486 g/mol. The van der Waals surface area contributed by atoms with E-state index in [4.69, 9.17) is 4.74 Å². The number of hydrogen-bond acceptors (Lipinski definition) is 5. The molecule has 30 heavy (non-hydrogen) atoms. The van der Waals surface area contributed by atoms with Crippen LogP contribution >= 0.6 is 15.9 Å². The van der Waals surface area contributed by atoms with Gasteiger partial charge in [-0.3, -0.25) is 14.4 Å². The first-order chi connectivity index (χ1) is 14.4. The Morgan fingerprint density at radius 2 is 2.00 bits per heavy atom. The third-order valence-electron chi connectivity index (χ3n) is 7.55. The van der Waals surface area contributed by atoms with Gasteiger partial charge in [0.1, 0.15) is 11.6 Å². The molecule has 1 saturated carbocycles. The van der Waals surface area contributed by atoms with E-state index >= 15 is 0 Å². The summed E-state index contributed by atoms with van der Waals surface area (Å²) in [5.41, 5.74) is -1.05. The second kappa shape index (κ2) is 8.39. The van der Waals surface area contributed by atoms with Gasteiger partial charge < -0.3 is 25.4 Å². The van der Waals surface area contributed by atoms with Crippen molar-refractivity contribution >= 4 is 33.7 Å². The summed E-state index contributed by atoms with van der Waals surface area (Å²) in [7, 11) is 1.55. The van der Waals surface area contributed by atoms with Crippen LogP contribution in [0.2, 0.25) is 0 Å². The number of ether oxygens (including phenoxy) is 1. The maximum Gasteiger partial charge on any atom is 0.246 e. The average Bonchev–Trinajstić information content (AvgIpc) is 3.33. The number of alkyl halides is 1. The molecular formula is C21H32BrN3O5. The third kappa shape index (κ3) is 3.19. The number of rotatable bonds is 6. The van der Waals surface area contributed by atoms with E-state index in [0.29, 0.717) is 12.8 Å². The lowest BCUT2D eigenvalue weighted by molar-refractivity contribution is -0.146. The van der Waals surface area contributed by atoms with E-state index in [-0.39, 0.29) is 35.2 Å². The normalized spacial score (nSPS) is 39.1. The zero-order valence-corrected chi connectivity index (χ0v) is 19.2. The molecule has 1 aliphatic carbocycles. The highest BCUT2D eigenvalue weighted by molar-refractivity contribution is 9.09. The number of halogens is 1. The highest BCUT2D eigenvalue weighted by Crippen LogP contribution is 2.60. The summed E-state index contributed by atoms with van der Waals surface area (Å²) >= 11 is 3.63. The van der Waals surface area contributed by atoms with Crippen LogP contribution in [0.5, 0.6) is 0 Å². The topological polar surface area (TPSA) is 108 Å². The molecule has 0 aromatic rings. The van der Waals surface area contributed by atoms with Crippen molar-refractivity contribution in [3.05, 3.63) is 0 Å². The van der Waals surface area contributed by atoms with Crippen molar-refractivity contribution in [1.29, 1.82) is 0 Å². The molecular weight excluding hydrogens is 454 g/mol. The molecule has 0 radical (unpaired) electrons. The Morgan fingerprint density at radius 1 is 1.30 bits per heavy atom. The summed E-state index contributed by atoms with van der Waals surface area (Å²) in [4.78, 5) is 41.4. The largest absolute Gasteiger partial charge is 0.394 e. The summed E-state index contributed by atoms with van der Waals surface area (Å²) in [6.07, 6.45) is 5.78. The maximum absolute atomic E-state index is 13.6. The summed E-state index contributed by atoms with van der Waals surface area (Å²) in [5, 5.41) is 15.8. The van der Waals surface area contributed by atoms with Crippen LogP contribution in [0.25, 0.3) is 0 Å². The molecule has 3 N–H and O–H groups in total. The minimum Gasteiger partial charge on any atom is -0.394 e. The standard InChI is InChI=1S/C21H32BrN3O5/c1-3-12(10-26)25-17(19(28)24-11-7-5-4-6-8-11)21-9-13(22)16(30-21)14(18(27)23-2)15(21)20(25)29/h11-17,26H,3-10H2,1-2H3,(H,23,27)(H,24,28)/t12-,13?,14-,15-,16-,17?,21?/m0/s1. The molecule has 4 rings (SSSR count). The Morgan fingerprint density at radius 3 is 2.60 bits per heavy atom. The minimum absolute atomic E-state index is 0.0981. The first-order valence-corrected chi connectivity index (χ1v) is 12.1. The second-order valence-corrected chi connectivity index (χ2v) is 10.3. The SMILES string of the molecule is CC[C@@H](CO)N1C(=O)[C@@H]2[C@H](C(=O)NC)[C@H]3OC2(CC3Br)C1C(=O)NC1CCCCC1. The van der Waals surface area contributed by atoms with E-state index in [2.05, 4.69) is 26.6 Å². The van der Waals surface area contributed by atoms with Crippen LogP contribution in [0.15, 0.2) is 0 Å². The van der Waals surface area contributed by atoms with Gasteiger partial charge in [0.05, 0.1) is 30.6 Å². The summed E-state index contributed by atoms with van der Waals surface area (Å²) < 4.78 is 6.38. The molecule has 2 bridgehead atoms. The molecule has 3 amide bonds. The molecule has 8 nitrogen and oxygen atoms in total. The number of carbonyl (C=O) groups excluding carboxylic acids is 3. The first-order valence-electron chi connectivity index (χ1n) is 11.2. The number of hydrogen-bond donors (Lipinski definition) is 3. The second-order valence-electron chi connectivity index (χ2n) is 9.11. The predicted molar refractivity (Wildman–Crippen MR) is 113 cm³/mol. The molecule has 7 atom stereocenters. The molecule has 3 unspecified atom stereocenters. The number of nitrogens with one attached hydrogen (secondary N) is 2. The van der Waals surface area contributed by atoms with Crippen LogP contribution < -0.4 is 10.6 Å². The van der Waals surface area contributed by atoms with Crippen molar-refractivity contribution in [3.63, 3.8) is 0 Å². The number of amides is 3. The van der Waals surface area contributed by atoms with Crippen molar-refractivity contribution in [2.24, 2.45) is 11.8 Å². The number of likely N-dealkylation sites (tertiary alicyclic amines) is 1. The van der Waals surface area contributed by atoms with Crippen molar-refractivity contribution in [2.75, 3.05) is 13.7 Å². The van der Waals surface area contributed by atoms with Crippen LogP contribution in [0.4, 0.5) is 0 Å². The van der Waals surface area contributed by atoms with E-state index in [0.717, 1.165) is 25.7 Å². The molecule has 168 valence electrons. The Hall–Kier alpha value is -1.19. The fourth-order valence-electron chi connectivity index (χ4n) is 6.17. The van der Waals surface area contributed by atoms with Crippen molar-refractivity contribution in [1.82, 2.24) is 15.5 Å². The van der Waals surface area contributed by atoms with E-state index in [1.54, 1.807) is 7.05 Å². The molecule has 3 heterocycles. The highest BCUT2D eigenvalue weighted by atomic mass is 79.9. The Kier molecular flexibility index (Phi) is 6.16. The van der Waals surface area contributed by atoms with Crippen molar-refractivity contribution in [3.8, 4) is 0 Å². The van der Waals surface area contributed by atoms with Gasteiger partial charge >= 0.3 is 0 Å². The number of aliphatic hydroxyl groups is 1. The first kappa shape index (κ1) is 22.0. The van der Waals surface area contributed by atoms with Gasteiger partial charge in [-0.2, -0.15) is 0 Å². The lowest BCUT2D eigenvalue weighted by Gasteiger charge is -2.37. The summed E-state index contributed by atoms with van der Waals surface area (Å²) in [6, 6.07) is -1.23. The molecule has 3 saturated heterocycles. The Labute approximate surface area is 185 Å². The monoisotopic (exact) mass is 485 g/mol. The number of nitrogens with zero attached hydrogens (tertiary/aromatic N) is 1. The van der Waals surface area contributed by atoms with Crippen LogP contribution in [-0.2, 0) is 19.1 Å². The molecule has 4 fully saturated rings. The van der Waals surface area contributed by atoms with Crippen molar-refractivity contribution in [2.45, 2.75) is 86.5 Å². The van der Waals surface area contributed by atoms with Crippen LogP contribution in [0.3, 0.4) is 0 Å². The molecule has 1 spiro atoms. The van der Waals surface area contributed by atoms with Gasteiger partial charge in [0.15, 0.2) is 0 Å². The van der Waals surface area contributed by atoms with E-state index in [1.807, 2.05) is 6.92 Å². The maximum atomic E-state index is 13.6. The van der Waals surface area contributed by atoms with Gasteiger partial charge in [0.25, 0.3) is 0 Å². The molecule has 0 aromatic carbocycles. The van der Waals surface area contributed by atoms with Gasteiger partial charge in [-0.25, -0.2) is 0 Å². The fourth-order valence-corrected chi connectivity index (χ4v) is 7.11. The summed E-state index contributed by atoms with van der Waals surface area (Å²) in [5.74, 6) is -2.07. The van der Waals surface area contributed by atoms with Gasteiger partial charge in [0.2, 0.25) is 17.7 Å². The smallest absolute Gasteiger partial charge is 0.246 e. The highest BCUT2D eigenvalue weighted by Gasteiger charge is 2.76. The van der Waals surface area contributed by atoms with Crippen molar-refractivity contribution < 1.29 is 24.2 Å². The van der Waals surface area contributed by atoms with Crippen LogP contribution in [0, 0.1) is 11.8 Å². The fraction of sp³-hybridized carbons (Fsp3) is 0.857. The molecule has 4 aliphatic rings. The zero-order valence-electron chi connectivity index (χ0n) is 17.6. The Balaban J connectivity index is 1.72. The number of fused-ring (bicyclic) bond motifs is 1. The number of carbonyl (C=O) groups is 3. The third-order valence-corrected chi connectivity index (χ3v) is 8.40. The van der Waals surface area contributed by atoms with Crippen LogP contribution in [-0.4, -0.2) is 76.0 Å². The molecule has 3 aliphatic heterocycles. The predicted octanol–water partition coefficient (Wildman–Crippen LogP) is 0.700. The van der Waals surface area contributed by atoms with Gasteiger partial charge in [-0.15, -0.1) is 0 Å². The minimum atomic E-state index is -1.05. The molecule has 0 aromatic heterocycles. The lowest BCUT2D eigenvalue weighted by atomic mass is 9.70. The van der Waals surface area contributed by atoms with Crippen LogP contribution in [0.1, 0.15) is 51.9 Å². The van der Waals surface area contributed by atoms with E-state index < -0.39 is 35.6 Å². The molecule has 9 heteroatoms. The summed E-state index contributed by atoms with van der Waals surface area (Å²) in [6.45, 7) is 1.65. The van der Waals surface area contributed by atoms with Gasteiger partial charge in [0, 0.05) is 17.9 Å². The Bertz CT molecular complexity index is 711. The number of aliphatic hydroxyl groups excluding tert-OH is 1. The van der Waals surface area contributed by atoms with Gasteiger partial charge in [-0.1, -0.05) is 42.1 Å². The van der Waals surface area contributed by atoms with Gasteiger partial charge in [-0.05, 0) is 25.7 Å². The zero-order chi connectivity index (χ0) is 21.6. The quantitative estimate of drug-likeness (QED) is 0.480.